The molecule has 15 heavy (non-hydrogen) atoms. The summed E-state index contributed by atoms with van der Waals surface area (Å²) in [6, 6.07) is 0. The lowest BCUT2D eigenvalue weighted by atomic mass is 10.00. The predicted octanol–water partition coefficient (Wildman–Crippen LogP) is 2.35. The molecule has 0 aliphatic heterocycles. The summed E-state index contributed by atoms with van der Waals surface area (Å²) in [5.74, 6) is 1.45. The molecule has 0 saturated heterocycles. The van der Waals surface area contributed by atoms with E-state index < -0.39 is 0 Å². The van der Waals surface area contributed by atoms with Crippen LogP contribution in [0.25, 0.3) is 0 Å². The van der Waals surface area contributed by atoms with E-state index in [1.54, 1.807) is 14.1 Å². The lowest BCUT2D eigenvalue weighted by Crippen LogP contribution is -2.06. The lowest BCUT2D eigenvalue weighted by molar-refractivity contribution is -0.120. The molecular formula is C12H25NO2. The van der Waals surface area contributed by atoms with Gasteiger partial charge >= 0.3 is 0 Å². The van der Waals surface area contributed by atoms with Crippen LogP contribution in [-0.4, -0.2) is 31.2 Å². The fourth-order valence-electron chi connectivity index (χ4n) is 0.994. The van der Waals surface area contributed by atoms with Gasteiger partial charge in [0.25, 0.3) is 0 Å². The predicted molar refractivity (Wildman–Crippen MR) is 63.7 cm³/mol. The normalized spacial score (nSPS) is 9.60. The molecular weight excluding hydrogens is 190 g/mol. The topological polar surface area (TPSA) is 37.4 Å². The number of Topliss-reactive ketones (excluding diaryl/α,β-unsaturated/α-hetero) is 1. The van der Waals surface area contributed by atoms with Crippen molar-refractivity contribution in [2.24, 2.45) is 11.8 Å². The molecule has 0 radical (unpaired) electrons. The van der Waals surface area contributed by atoms with Crippen LogP contribution in [0.3, 0.4) is 0 Å². The SMILES string of the molecule is CC(C)CC(=O)CC(C)C.CN(C)C=O. The Kier molecular flexibility index (Phi) is 10.7. The zero-order chi connectivity index (χ0) is 12.4. The number of carbonyl (C=O) groups is 2. The first-order valence-electron chi connectivity index (χ1n) is 5.43. The Hall–Kier alpha value is -0.860. The maximum absolute atomic E-state index is 11.1. The van der Waals surface area contributed by atoms with Gasteiger partial charge in [-0.2, -0.15) is 0 Å². The molecule has 1 amide bonds. The van der Waals surface area contributed by atoms with Crippen LogP contribution in [0, 0.1) is 11.8 Å². The van der Waals surface area contributed by atoms with Crippen LogP contribution in [0.4, 0.5) is 0 Å². The maximum atomic E-state index is 11.1. The number of hydrogen-bond acceptors (Lipinski definition) is 2. The van der Waals surface area contributed by atoms with Crippen LogP contribution in [0.1, 0.15) is 40.5 Å². The van der Waals surface area contributed by atoms with Crippen LogP contribution in [0.2, 0.25) is 0 Å². The Labute approximate surface area is 93.8 Å². The molecule has 0 aromatic rings. The molecule has 0 fully saturated rings. The molecule has 0 atom stereocenters. The highest BCUT2D eigenvalue weighted by atomic mass is 16.1. The van der Waals surface area contributed by atoms with Gasteiger partial charge in [-0.25, -0.2) is 0 Å². The summed E-state index contributed by atoms with van der Waals surface area (Å²) in [4.78, 5) is 21.9. The molecule has 3 heteroatoms. The molecule has 0 saturated carbocycles. The highest BCUT2D eigenvalue weighted by Gasteiger charge is 2.06. The number of rotatable bonds is 5. The van der Waals surface area contributed by atoms with E-state index >= 15 is 0 Å². The first-order chi connectivity index (χ1) is 6.79. The van der Waals surface area contributed by atoms with Gasteiger partial charge in [0.15, 0.2) is 0 Å². The molecule has 3 nitrogen and oxygen atoms in total. The van der Waals surface area contributed by atoms with Gasteiger partial charge in [0.2, 0.25) is 6.41 Å². The largest absolute Gasteiger partial charge is 0.351 e. The van der Waals surface area contributed by atoms with Crippen molar-refractivity contribution in [1.82, 2.24) is 4.90 Å². The van der Waals surface area contributed by atoms with Crippen molar-refractivity contribution in [3.63, 3.8) is 0 Å². The molecule has 0 aliphatic rings. The molecule has 0 aromatic heterocycles. The van der Waals surface area contributed by atoms with Crippen LogP contribution in [-0.2, 0) is 9.59 Å². The van der Waals surface area contributed by atoms with Crippen LogP contribution in [0.15, 0.2) is 0 Å². The first kappa shape index (κ1) is 16.6. The van der Waals surface area contributed by atoms with Gasteiger partial charge in [-0.3, -0.25) is 9.59 Å². The number of ketones is 1. The van der Waals surface area contributed by atoms with Gasteiger partial charge in [-0.15, -0.1) is 0 Å². The van der Waals surface area contributed by atoms with Gasteiger partial charge in [0.05, 0.1) is 0 Å². The molecule has 0 rings (SSSR count). The van der Waals surface area contributed by atoms with E-state index in [1.165, 1.54) is 4.90 Å². The second-order valence-corrected chi connectivity index (χ2v) is 4.80. The number of hydrogen-bond donors (Lipinski definition) is 0. The van der Waals surface area contributed by atoms with Crippen molar-refractivity contribution < 1.29 is 9.59 Å². The molecule has 0 bridgehead atoms. The van der Waals surface area contributed by atoms with Crippen LogP contribution >= 0.6 is 0 Å². The smallest absolute Gasteiger partial charge is 0.209 e. The average Bonchev–Trinajstić information content (AvgIpc) is 2.01. The van der Waals surface area contributed by atoms with Gasteiger partial charge in [0.1, 0.15) is 5.78 Å². The Balaban J connectivity index is 0. The molecule has 0 aromatic carbocycles. The second-order valence-electron chi connectivity index (χ2n) is 4.80. The Morgan fingerprint density at radius 2 is 1.33 bits per heavy atom. The zero-order valence-corrected chi connectivity index (χ0v) is 10.9. The van der Waals surface area contributed by atoms with Crippen molar-refractivity contribution in [1.29, 1.82) is 0 Å². The quantitative estimate of drug-likeness (QED) is 0.660. The number of nitrogens with zero attached hydrogens (tertiary/aromatic N) is 1. The van der Waals surface area contributed by atoms with Crippen molar-refractivity contribution in [3.8, 4) is 0 Å². The lowest BCUT2D eigenvalue weighted by Gasteiger charge is -2.05. The molecule has 90 valence electrons. The Morgan fingerprint density at radius 3 is 1.47 bits per heavy atom. The van der Waals surface area contributed by atoms with Crippen LogP contribution in [0.5, 0.6) is 0 Å². The summed E-state index contributed by atoms with van der Waals surface area (Å²) >= 11 is 0. The summed E-state index contributed by atoms with van der Waals surface area (Å²) in [6.45, 7) is 8.33. The van der Waals surface area contributed by atoms with Crippen molar-refractivity contribution in [2.45, 2.75) is 40.5 Å². The van der Waals surface area contributed by atoms with Crippen molar-refractivity contribution >= 4 is 12.2 Å². The third kappa shape index (κ3) is 19.5. The molecule has 0 heterocycles. The molecule has 0 unspecified atom stereocenters. The minimum atomic E-state index is 0.407. The zero-order valence-electron chi connectivity index (χ0n) is 10.9. The fraction of sp³-hybridized carbons (Fsp3) is 0.833. The number of carbonyl (C=O) groups excluding carboxylic acids is 2. The standard InChI is InChI=1S/C9H18O.C3H7NO/c1-7(2)5-9(10)6-8(3)4;1-4(2)3-5/h7-8H,5-6H2,1-4H3;3H,1-2H3. The first-order valence-corrected chi connectivity index (χ1v) is 5.43. The number of amides is 1. The van der Waals surface area contributed by atoms with Gasteiger partial charge < -0.3 is 4.90 Å². The summed E-state index contributed by atoms with van der Waals surface area (Å²) in [7, 11) is 3.38. The van der Waals surface area contributed by atoms with Crippen molar-refractivity contribution in [2.75, 3.05) is 14.1 Å². The monoisotopic (exact) mass is 215 g/mol. The highest BCUT2D eigenvalue weighted by molar-refractivity contribution is 5.78. The summed E-state index contributed by atoms with van der Waals surface area (Å²) in [6.07, 6.45) is 2.25. The molecule has 0 spiro atoms. The van der Waals surface area contributed by atoms with E-state index in [0.717, 1.165) is 19.3 Å². The second kappa shape index (κ2) is 9.69. The summed E-state index contributed by atoms with van der Waals surface area (Å²) in [5.41, 5.74) is 0. The van der Waals surface area contributed by atoms with E-state index in [-0.39, 0.29) is 0 Å². The van der Waals surface area contributed by atoms with Gasteiger partial charge in [0, 0.05) is 26.9 Å². The third-order valence-corrected chi connectivity index (χ3v) is 1.48. The summed E-state index contributed by atoms with van der Waals surface area (Å²) in [5, 5.41) is 0. The van der Waals surface area contributed by atoms with Crippen LogP contribution < -0.4 is 0 Å². The van der Waals surface area contributed by atoms with Crippen molar-refractivity contribution in [3.05, 3.63) is 0 Å². The molecule has 0 aliphatic carbocycles. The Bertz CT molecular complexity index is 162. The maximum Gasteiger partial charge on any atom is 0.209 e. The van der Waals surface area contributed by atoms with E-state index in [0.29, 0.717) is 17.6 Å². The Morgan fingerprint density at radius 1 is 1.07 bits per heavy atom. The molecule has 0 N–H and O–H groups in total. The summed E-state index contributed by atoms with van der Waals surface area (Å²) < 4.78 is 0. The van der Waals surface area contributed by atoms with Gasteiger partial charge in [-0.05, 0) is 11.8 Å². The van der Waals surface area contributed by atoms with E-state index in [2.05, 4.69) is 27.7 Å². The van der Waals surface area contributed by atoms with Gasteiger partial charge in [-0.1, -0.05) is 27.7 Å². The highest BCUT2D eigenvalue weighted by Crippen LogP contribution is 2.07. The minimum Gasteiger partial charge on any atom is -0.351 e. The fourth-order valence-corrected chi connectivity index (χ4v) is 0.994. The van der Waals surface area contributed by atoms with E-state index in [1.807, 2.05) is 0 Å². The minimum absolute atomic E-state index is 0.407. The third-order valence-electron chi connectivity index (χ3n) is 1.48. The van der Waals surface area contributed by atoms with E-state index in [4.69, 9.17) is 0 Å². The van der Waals surface area contributed by atoms with E-state index in [9.17, 15) is 9.59 Å². The average molecular weight is 215 g/mol.